The molecule has 5 heteroatoms. The van der Waals surface area contributed by atoms with Crippen molar-refractivity contribution < 1.29 is 14.3 Å². The van der Waals surface area contributed by atoms with E-state index >= 15 is 0 Å². The number of methoxy groups -OCH3 is 1. The van der Waals surface area contributed by atoms with Gasteiger partial charge in [-0.05, 0) is 61.8 Å². The SMILES string of the molecule is CCCC(=O)N(Cc1ccc(OC)cc1)C(C(=O)NCCC1=CCCCC1)c1ccccc1. The molecular weight excluding hydrogens is 412 g/mol. The van der Waals surface area contributed by atoms with Crippen molar-refractivity contribution in [3.8, 4) is 5.75 Å². The molecule has 1 aliphatic rings. The van der Waals surface area contributed by atoms with Gasteiger partial charge in [0, 0.05) is 19.5 Å². The highest BCUT2D eigenvalue weighted by Gasteiger charge is 2.31. The fourth-order valence-electron chi connectivity index (χ4n) is 4.29. The first-order valence-electron chi connectivity index (χ1n) is 12.0. The van der Waals surface area contributed by atoms with Crippen LogP contribution in [-0.4, -0.2) is 30.4 Å². The number of amides is 2. The number of rotatable bonds is 11. The lowest BCUT2D eigenvalue weighted by Crippen LogP contribution is -2.43. The quantitative estimate of drug-likeness (QED) is 0.457. The molecular formula is C28H36N2O3. The van der Waals surface area contributed by atoms with Gasteiger partial charge in [-0.1, -0.05) is 61.0 Å². The van der Waals surface area contributed by atoms with Gasteiger partial charge in [-0.15, -0.1) is 0 Å². The lowest BCUT2D eigenvalue weighted by Gasteiger charge is -2.32. The van der Waals surface area contributed by atoms with Gasteiger partial charge in [-0.25, -0.2) is 0 Å². The summed E-state index contributed by atoms with van der Waals surface area (Å²) in [5, 5.41) is 3.12. The first-order valence-corrected chi connectivity index (χ1v) is 12.0. The average molecular weight is 449 g/mol. The summed E-state index contributed by atoms with van der Waals surface area (Å²) >= 11 is 0. The summed E-state index contributed by atoms with van der Waals surface area (Å²) in [5.74, 6) is 0.613. The van der Waals surface area contributed by atoms with Crippen LogP contribution >= 0.6 is 0 Å². The Morgan fingerprint density at radius 2 is 1.82 bits per heavy atom. The van der Waals surface area contributed by atoms with Gasteiger partial charge in [0.15, 0.2) is 0 Å². The molecule has 176 valence electrons. The van der Waals surface area contributed by atoms with Crippen molar-refractivity contribution in [1.29, 1.82) is 0 Å². The van der Waals surface area contributed by atoms with E-state index in [4.69, 9.17) is 4.74 Å². The van der Waals surface area contributed by atoms with Crippen LogP contribution in [0.4, 0.5) is 0 Å². The molecule has 1 N–H and O–H groups in total. The highest BCUT2D eigenvalue weighted by atomic mass is 16.5. The molecule has 0 aliphatic heterocycles. The number of carbonyl (C=O) groups is 2. The number of ether oxygens (including phenoxy) is 1. The van der Waals surface area contributed by atoms with Gasteiger partial charge in [-0.3, -0.25) is 9.59 Å². The van der Waals surface area contributed by atoms with E-state index in [9.17, 15) is 9.59 Å². The molecule has 5 nitrogen and oxygen atoms in total. The minimum atomic E-state index is -0.673. The zero-order valence-electron chi connectivity index (χ0n) is 19.9. The van der Waals surface area contributed by atoms with Crippen molar-refractivity contribution in [1.82, 2.24) is 10.2 Å². The number of allylic oxidation sites excluding steroid dienone is 1. The normalized spacial score (nSPS) is 14.2. The number of nitrogens with one attached hydrogen (secondary N) is 1. The molecule has 1 unspecified atom stereocenters. The molecule has 0 fully saturated rings. The van der Waals surface area contributed by atoms with E-state index in [1.807, 2.05) is 61.5 Å². The summed E-state index contributed by atoms with van der Waals surface area (Å²) in [6, 6.07) is 16.6. The van der Waals surface area contributed by atoms with Gasteiger partial charge < -0.3 is 15.0 Å². The third-order valence-electron chi connectivity index (χ3n) is 6.10. The van der Waals surface area contributed by atoms with Gasteiger partial charge in [0.05, 0.1) is 7.11 Å². The Balaban J connectivity index is 1.82. The molecule has 0 saturated heterocycles. The highest BCUT2D eigenvalue weighted by Crippen LogP contribution is 2.26. The van der Waals surface area contributed by atoms with Gasteiger partial charge in [0.2, 0.25) is 11.8 Å². The molecule has 2 aromatic rings. The van der Waals surface area contributed by atoms with Crippen molar-refractivity contribution in [2.45, 2.75) is 64.5 Å². The molecule has 0 aromatic heterocycles. The zero-order chi connectivity index (χ0) is 23.5. The van der Waals surface area contributed by atoms with E-state index in [2.05, 4.69) is 11.4 Å². The van der Waals surface area contributed by atoms with Crippen molar-refractivity contribution in [3.63, 3.8) is 0 Å². The second kappa shape index (κ2) is 12.8. The van der Waals surface area contributed by atoms with Gasteiger partial charge in [0.1, 0.15) is 11.8 Å². The van der Waals surface area contributed by atoms with Gasteiger partial charge in [-0.2, -0.15) is 0 Å². The van der Waals surface area contributed by atoms with Crippen LogP contribution in [0.1, 0.15) is 69.0 Å². The zero-order valence-corrected chi connectivity index (χ0v) is 19.9. The standard InChI is InChI=1S/C28H36N2O3/c1-3-10-26(31)30(21-23-15-17-25(33-2)18-16-23)27(24-13-8-5-9-14-24)28(32)29-20-19-22-11-6-4-7-12-22/h5,8-9,11,13-18,27H,3-4,6-7,10,12,19-21H2,1-2H3,(H,29,32). The molecule has 0 spiro atoms. The van der Waals surface area contributed by atoms with E-state index in [-0.39, 0.29) is 11.8 Å². The minimum Gasteiger partial charge on any atom is -0.497 e. The van der Waals surface area contributed by atoms with Crippen LogP contribution in [0.3, 0.4) is 0 Å². The Morgan fingerprint density at radius 1 is 1.06 bits per heavy atom. The maximum absolute atomic E-state index is 13.5. The monoisotopic (exact) mass is 448 g/mol. The first-order chi connectivity index (χ1) is 16.1. The smallest absolute Gasteiger partial charge is 0.247 e. The topological polar surface area (TPSA) is 58.6 Å². The van der Waals surface area contributed by atoms with E-state index in [0.717, 1.165) is 42.6 Å². The summed E-state index contributed by atoms with van der Waals surface area (Å²) in [4.78, 5) is 28.4. The number of hydrogen-bond acceptors (Lipinski definition) is 3. The molecule has 3 rings (SSSR count). The number of benzene rings is 2. The number of hydrogen-bond donors (Lipinski definition) is 1. The second-order valence-electron chi connectivity index (χ2n) is 8.58. The summed E-state index contributed by atoms with van der Waals surface area (Å²) in [6.45, 7) is 2.94. The van der Waals surface area contributed by atoms with E-state index in [1.165, 1.54) is 18.4 Å². The van der Waals surface area contributed by atoms with Crippen LogP contribution in [0.15, 0.2) is 66.2 Å². The van der Waals surface area contributed by atoms with Crippen LogP contribution in [0.5, 0.6) is 5.75 Å². The summed E-state index contributed by atoms with van der Waals surface area (Å²) in [5.41, 5.74) is 3.21. The third kappa shape index (κ3) is 7.21. The summed E-state index contributed by atoms with van der Waals surface area (Å²) in [7, 11) is 1.63. The van der Waals surface area contributed by atoms with Crippen molar-refractivity contribution >= 4 is 11.8 Å². The Bertz CT molecular complexity index is 922. The largest absolute Gasteiger partial charge is 0.497 e. The summed E-state index contributed by atoms with van der Waals surface area (Å²) < 4.78 is 5.26. The van der Waals surface area contributed by atoms with Gasteiger partial charge >= 0.3 is 0 Å². The van der Waals surface area contributed by atoms with E-state index in [1.54, 1.807) is 12.0 Å². The van der Waals surface area contributed by atoms with E-state index < -0.39 is 6.04 Å². The lowest BCUT2D eigenvalue weighted by atomic mass is 9.97. The average Bonchev–Trinajstić information content (AvgIpc) is 2.85. The summed E-state index contributed by atoms with van der Waals surface area (Å²) in [6.07, 6.45) is 9.06. The van der Waals surface area contributed by atoms with Crippen LogP contribution < -0.4 is 10.1 Å². The van der Waals surface area contributed by atoms with Crippen LogP contribution in [0.2, 0.25) is 0 Å². The minimum absolute atomic E-state index is 0.0210. The fraction of sp³-hybridized carbons (Fsp3) is 0.429. The Hall–Kier alpha value is -3.08. The van der Waals surface area contributed by atoms with E-state index in [0.29, 0.717) is 19.5 Å². The number of nitrogens with zero attached hydrogens (tertiary/aromatic N) is 1. The Labute approximate surface area is 197 Å². The molecule has 2 aromatic carbocycles. The van der Waals surface area contributed by atoms with Crippen LogP contribution in [0.25, 0.3) is 0 Å². The molecule has 0 bridgehead atoms. The molecule has 1 atom stereocenters. The van der Waals surface area contributed by atoms with Crippen molar-refractivity contribution in [3.05, 3.63) is 77.4 Å². The molecule has 1 aliphatic carbocycles. The molecule has 0 saturated carbocycles. The Kier molecular flexibility index (Phi) is 9.55. The molecule has 33 heavy (non-hydrogen) atoms. The fourth-order valence-corrected chi connectivity index (χ4v) is 4.29. The third-order valence-corrected chi connectivity index (χ3v) is 6.10. The van der Waals surface area contributed by atoms with Crippen LogP contribution in [0, 0.1) is 0 Å². The number of carbonyl (C=O) groups excluding carboxylic acids is 2. The predicted molar refractivity (Wildman–Crippen MR) is 132 cm³/mol. The molecule has 0 radical (unpaired) electrons. The van der Waals surface area contributed by atoms with Crippen molar-refractivity contribution in [2.24, 2.45) is 0 Å². The molecule has 0 heterocycles. The van der Waals surface area contributed by atoms with Crippen LogP contribution in [-0.2, 0) is 16.1 Å². The maximum Gasteiger partial charge on any atom is 0.247 e. The predicted octanol–water partition coefficient (Wildman–Crippen LogP) is 5.57. The Morgan fingerprint density at radius 3 is 2.45 bits per heavy atom. The highest BCUT2D eigenvalue weighted by molar-refractivity contribution is 5.88. The maximum atomic E-state index is 13.5. The van der Waals surface area contributed by atoms with Gasteiger partial charge in [0.25, 0.3) is 0 Å². The van der Waals surface area contributed by atoms with Crippen molar-refractivity contribution in [2.75, 3.05) is 13.7 Å². The first kappa shape index (κ1) is 24.6. The molecule has 2 amide bonds. The lowest BCUT2D eigenvalue weighted by molar-refractivity contribution is -0.141. The second-order valence-corrected chi connectivity index (χ2v) is 8.58.